The van der Waals surface area contributed by atoms with Gasteiger partial charge in [0.15, 0.2) is 0 Å². The Morgan fingerprint density at radius 1 is 0.848 bits per heavy atom. The maximum Gasteiger partial charge on any atom is 0.0954 e. The van der Waals surface area contributed by atoms with Crippen LogP contribution in [0.4, 0.5) is 5.69 Å². The summed E-state index contributed by atoms with van der Waals surface area (Å²) in [6, 6.07) is 8.81. The molecule has 7 rings (SSSR count). The van der Waals surface area contributed by atoms with Gasteiger partial charge < -0.3 is 9.80 Å². The summed E-state index contributed by atoms with van der Waals surface area (Å²) in [5.74, 6) is 0. The number of aromatic amines is 2. The summed E-state index contributed by atoms with van der Waals surface area (Å²) in [5, 5.41) is 18.6. The van der Waals surface area contributed by atoms with E-state index in [0.29, 0.717) is 0 Å². The smallest absolute Gasteiger partial charge is 0.0954 e. The predicted octanol–water partition coefficient (Wildman–Crippen LogP) is 4.29. The fourth-order valence-electron chi connectivity index (χ4n) is 5.72. The molecule has 0 radical (unpaired) electrons. The third kappa shape index (κ3) is 2.95. The van der Waals surface area contributed by atoms with Crippen LogP contribution in [0, 0.1) is 0 Å². The average molecular weight is 438 g/mol. The molecule has 166 valence electrons. The Balaban J connectivity index is 1.54. The van der Waals surface area contributed by atoms with Gasteiger partial charge in [0.25, 0.3) is 0 Å². The quantitative estimate of drug-likeness (QED) is 0.431. The Labute approximate surface area is 191 Å². The molecule has 0 saturated carbocycles. The van der Waals surface area contributed by atoms with Crippen LogP contribution in [0.2, 0.25) is 0 Å². The minimum atomic E-state index is 1.01. The number of pyridine rings is 1. The van der Waals surface area contributed by atoms with Gasteiger partial charge in [-0.25, -0.2) is 4.98 Å². The van der Waals surface area contributed by atoms with E-state index >= 15 is 0 Å². The van der Waals surface area contributed by atoms with Gasteiger partial charge in [0.2, 0.25) is 0 Å². The van der Waals surface area contributed by atoms with Crippen LogP contribution in [-0.4, -0.2) is 63.5 Å². The number of aryl methyl sites for hydroxylation is 1. The number of rotatable bonds is 2. The van der Waals surface area contributed by atoms with E-state index in [1.807, 2.05) is 12.4 Å². The van der Waals surface area contributed by atoms with E-state index in [9.17, 15) is 0 Å². The molecular weight excluding hydrogens is 410 g/mol. The fourth-order valence-corrected chi connectivity index (χ4v) is 5.72. The van der Waals surface area contributed by atoms with Gasteiger partial charge in [-0.15, -0.1) is 0 Å². The van der Waals surface area contributed by atoms with Gasteiger partial charge >= 0.3 is 0 Å². The van der Waals surface area contributed by atoms with Gasteiger partial charge in [-0.1, -0.05) is 6.07 Å². The summed E-state index contributed by atoms with van der Waals surface area (Å²) in [7, 11) is 2.20. The number of fused-ring (bicyclic) bond motifs is 6. The van der Waals surface area contributed by atoms with E-state index in [4.69, 9.17) is 4.98 Å². The van der Waals surface area contributed by atoms with E-state index < -0.39 is 0 Å². The highest BCUT2D eigenvalue weighted by Gasteiger charge is 2.25. The molecule has 33 heavy (non-hydrogen) atoms. The Bertz CT molecular complexity index is 1500. The van der Waals surface area contributed by atoms with E-state index in [2.05, 4.69) is 61.5 Å². The fraction of sp³-hybridized carbons (Fsp3) is 0.346. The van der Waals surface area contributed by atoms with E-state index in [1.165, 1.54) is 46.0 Å². The van der Waals surface area contributed by atoms with Gasteiger partial charge in [-0.3, -0.25) is 10.2 Å². The van der Waals surface area contributed by atoms with E-state index in [0.717, 1.165) is 66.7 Å². The largest absolute Gasteiger partial charge is 0.367 e. The Hall–Kier alpha value is -3.45. The zero-order valence-corrected chi connectivity index (χ0v) is 18.9. The lowest BCUT2D eigenvalue weighted by Gasteiger charge is -2.35. The van der Waals surface area contributed by atoms with Crippen molar-refractivity contribution in [2.75, 3.05) is 38.1 Å². The molecule has 1 aliphatic carbocycles. The van der Waals surface area contributed by atoms with Crippen LogP contribution in [0.15, 0.2) is 36.7 Å². The van der Waals surface area contributed by atoms with Crippen LogP contribution in [0.5, 0.6) is 0 Å². The van der Waals surface area contributed by atoms with Gasteiger partial charge in [0.1, 0.15) is 0 Å². The SMILES string of the molecule is CN1CCN(c2cc3[nH]ncc3c3c4c(c(-c5ccc6[nH]ncc6c5)nc23)CCCC4)CC1. The van der Waals surface area contributed by atoms with Gasteiger partial charge in [-0.2, -0.15) is 10.2 Å². The predicted molar refractivity (Wildman–Crippen MR) is 133 cm³/mol. The number of piperazine rings is 1. The zero-order chi connectivity index (χ0) is 21.9. The van der Waals surface area contributed by atoms with Crippen LogP contribution in [0.1, 0.15) is 24.0 Å². The first-order valence-electron chi connectivity index (χ1n) is 11.9. The maximum absolute atomic E-state index is 5.45. The van der Waals surface area contributed by atoms with Gasteiger partial charge in [0, 0.05) is 47.9 Å². The van der Waals surface area contributed by atoms with Crippen LogP contribution >= 0.6 is 0 Å². The molecule has 1 aliphatic heterocycles. The maximum atomic E-state index is 5.45. The molecule has 7 nitrogen and oxygen atoms in total. The van der Waals surface area contributed by atoms with Crippen molar-refractivity contribution in [3.63, 3.8) is 0 Å². The number of nitrogens with zero attached hydrogens (tertiary/aromatic N) is 5. The standard InChI is InChI=1S/C26H27N7/c1-32-8-10-33(11-9-32)23-13-22-20(15-28-31-22)24-18-4-2-3-5-19(18)25(29-26(23)24)16-6-7-21-17(12-16)14-27-30-21/h6-7,12-15H,2-5,8-11H2,1H3,(H,27,30)(H,28,31). The number of likely N-dealkylation sites (N-methyl/N-ethyl adjacent to an activating group) is 1. The molecule has 1 fully saturated rings. The highest BCUT2D eigenvalue weighted by Crippen LogP contribution is 2.42. The third-order valence-corrected chi connectivity index (χ3v) is 7.54. The molecule has 2 aromatic carbocycles. The van der Waals surface area contributed by atoms with Gasteiger partial charge in [0.05, 0.1) is 40.3 Å². The van der Waals surface area contributed by atoms with E-state index in [1.54, 1.807) is 0 Å². The number of anilines is 1. The lowest BCUT2D eigenvalue weighted by Crippen LogP contribution is -2.44. The van der Waals surface area contributed by atoms with E-state index in [-0.39, 0.29) is 0 Å². The summed E-state index contributed by atoms with van der Waals surface area (Å²) in [6.07, 6.45) is 8.51. The van der Waals surface area contributed by atoms with Crippen molar-refractivity contribution >= 4 is 38.4 Å². The molecule has 0 bridgehead atoms. The summed E-state index contributed by atoms with van der Waals surface area (Å²) < 4.78 is 0. The van der Waals surface area contributed by atoms with Crippen LogP contribution < -0.4 is 4.90 Å². The molecular formula is C26H27N7. The normalized spacial score (nSPS) is 17.3. The number of aromatic nitrogens is 5. The van der Waals surface area contributed by atoms with Crippen molar-refractivity contribution in [2.45, 2.75) is 25.7 Å². The molecule has 0 unspecified atom stereocenters. The number of hydrogen-bond donors (Lipinski definition) is 2. The Kier molecular flexibility index (Phi) is 4.21. The van der Waals surface area contributed by atoms with Crippen molar-refractivity contribution in [1.29, 1.82) is 0 Å². The molecule has 4 heterocycles. The number of H-pyrrole nitrogens is 2. The zero-order valence-electron chi connectivity index (χ0n) is 18.9. The molecule has 1 saturated heterocycles. The highest BCUT2D eigenvalue weighted by molar-refractivity contribution is 6.13. The first kappa shape index (κ1) is 19.1. The van der Waals surface area contributed by atoms with Crippen molar-refractivity contribution in [3.8, 4) is 11.3 Å². The second-order valence-electron chi connectivity index (χ2n) is 9.54. The first-order chi connectivity index (χ1) is 16.3. The lowest BCUT2D eigenvalue weighted by atomic mass is 9.85. The average Bonchev–Trinajstić information content (AvgIpc) is 3.52. The molecule has 7 heteroatoms. The topological polar surface area (TPSA) is 76.7 Å². The molecule has 2 aliphatic rings. The lowest BCUT2D eigenvalue weighted by molar-refractivity contribution is 0.313. The molecule has 2 N–H and O–H groups in total. The highest BCUT2D eigenvalue weighted by atomic mass is 15.3. The van der Waals surface area contributed by atoms with Crippen LogP contribution in [0.3, 0.4) is 0 Å². The monoisotopic (exact) mass is 437 g/mol. The van der Waals surface area contributed by atoms with Crippen LogP contribution in [0.25, 0.3) is 44.0 Å². The second-order valence-corrected chi connectivity index (χ2v) is 9.54. The number of hydrogen-bond acceptors (Lipinski definition) is 5. The first-order valence-corrected chi connectivity index (χ1v) is 11.9. The molecule has 3 aromatic heterocycles. The minimum Gasteiger partial charge on any atom is -0.367 e. The van der Waals surface area contributed by atoms with Crippen molar-refractivity contribution in [2.24, 2.45) is 0 Å². The molecule has 0 amide bonds. The molecule has 0 atom stereocenters. The second kappa shape index (κ2) is 7.28. The minimum absolute atomic E-state index is 1.01. The Morgan fingerprint density at radius 3 is 2.52 bits per heavy atom. The van der Waals surface area contributed by atoms with Crippen molar-refractivity contribution in [3.05, 3.63) is 47.8 Å². The number of benzene rings is 2. The summed E-state index contributed by atoms with van der Waals surface area (Å²) in [4.78, 5) is 10.4. The molecule has 0 spiro atoms. The molecule has 5 aromatic rings. The van der Waals surface area contributed by atoms with Crippen LogP contribution in [-0.2, 0) is 12.8 Å². The van der Waals surface area contributed by atoms with Crippen molar-refractivity contribution in [1.82, 2.24) is 30.3 Å². The third-order valence-electron chi connectivity index (χ3n) is 7.54. The summed E-state index contributed by atoms with van der Waals surface area (Å²) >= 11 is 0. The summed E-state index contributed by atoms with van der Waals surface area (Å²) in [6.45, 7) is 4.16. The van der Waals surface area contributed by atoms with Crippen molar-refractivity contribution < 1.29 is 0 Å². The summed E-state index contributed by atoms with van der Waals surface area (Å²) in [5.41, 5.74) is 9.72. The van der Waals surface area contributed by atoms with Gasteiger partial charge in [-0.05, 0) is 62.1 Å². The number of nitrogens with one attached hydrogen (secondary N) is 2. The Morgan fingerprint density at radius 2 is 1.64 bits per heavy atom.